The number of imidazole rings is 1. The number of carbonyl (C=O) groups is 2. The first-order chi connectivity index (χ1) is 15.6. The minimum atomic E-state index is -0.583. The van der Waals surface area contributed by atoms with E-state index in [1.165, 1.54) is 42.2 Å². The monoisotopic (exact) mass is 448 g/mol. The van der Waals surface area contributed by atoms with E-state index in [9.17, 15) is 14.0 Å². The second-order valence-corrected chi connectivity index (χ2v) is 7.57. The van der Waals surface area contributed by atoms with Crippen LogP contribution in [-0.2, 0) is 4.79 Å². The van der Waals surface area contributed by atoms with Gasteiger partial charge in [-0.1, -0.05) is 23.9 Å². The summed E-state index contributed by atoms with van der Waals surface area (Å²) in [7, 11) is 0. The predicted molar refractivity (Wildman–Crippen MR) is 120 cm³/mol. The lowest BCUT2D eigenvalue weighted by molar-refractivity contribution is -0.118. The van der Waals surface area contributed by atoms with Gasteiger partial charge in [0.2, 0.25) is 0 Å². The number of ether oxygens (including phenoxy) is 1. The lowest BCUT2D eigenvalue weighted by Crippen LogP contribution is -2.19. The van der Waals surface area contributed by atoms with E-state index in [-0.39, 0.29) is 17.2 Å². The van der Waals surface area contributed by atoms with Gasteiger partial charge in [-0.15, -0.1) is 0 Å². The van der Waals surface area contributed by atoms with Crippen molar-refractivity contribution in [1.82, 2.24) is 15.4 Å². The smallest absolute Gasteiger partial charge is 0.343 e. The second kappa shape index (κ2) is 9.88. The highest BCUT2D eigenvalue weighted by Gasteiger charge is 2.09. The first-order valence-electron chi connectivity index (χ1n) is 9.54. The Labute approximate surface area is 186 Å². The average Bonchev–Trinajstić information content (AvgIpc) is 3.22. The van der Waals surface area contributed by atoms with Crippen LogP contribution in [0.1, 0.15) is 15.9 Å². The highest BCUT2D eigenvalue weighted by Crippen LogP contribution is 2.19. The van der Waals surface area contributed by atoms with E-state index < -0.39 is 11.8 Å². The molecule has 9 heteroatoms. The molecule has 0 aliphatic carbocycles. The lowest BCUT2D eigenvalue weighted by Gasteiger charge is -2.04. The van der Waals surface area contributed by atoms with E-state index >= 15 is 0 Å². The van der Waals surface area contributed by atoms with Crippen LogP contribution in [0.4, 0.5) is 4.39 Å². The first kappa shape index (κ1) is 21.3. The number of hydrogen-bond acceptors (Lipinski definition) is 6. The predicted octanol–water partition coefficient (Wildman–Crippen LogP) is 4.16. The van der Waals surface area contributed by atoms with Crippen molar-refractivity contribution < 1.29 is 18.7 Å². The van der Waals surface area contributed by atoms with Crippen molar-refractivity contribution in [2.24, 2.45) is 5.10 Å². The molecule has 4 aromatic rings. The molecule has 0 spiro atoms. The summed E-state index contributed by atoms with van der Waals surface area (Å²) in [4.78, 5) is 31.6. The van der Waals surface area contributed by atoms with Crippen molar-refractivity contribution in [2.45, 2.75) is 5.16 Å². The number of hydrogen-bond donors (Lipinski definition) is 2. The van der Waals surface area contributed by atoms with Crippen molar-refractivity contribution >= 4 is 40.9 Å². The zero-order valence-electron chi connectivity index (χ0n) is 16.6. The molecule has 1 amide bonds. The molecule has 7 nitrogen and oxygen atoms in total. The van der Waals surface area contributed by atoms with Crippen molar-refractivity contribution in [2.75, 3.05) is 5.75 Å². The molecule has 0 aliphatic rings. The highest BCUT2D eigenvalue weighted by molar-refractivity contribution is 7.99. The minimum absolute atomic E-state index is 0.162. The molecule has 0 saturated carbocycles. The standard InChI is InChI=1S/C23H17FN4O3S/c24-17-9-7-16(8-10-17)22(30)31-18-11-5-15(6-12-18)13-25-28-21(29)14-32-23-26-19-3-1-2-4-20(19)27-23/h1-13H,14H2,(H,26,27)(H,28,29)/b25-13+. The third kappa shape index (κ3) is 5.58. The van der Waals surface area contributed by atoms with Gasteiger partial charge in [-0.3, -0.25) is 4.79 Å². The number of benzene rings is 3. The van der Waals surface area contributed by atoms with Crippen LogP contribution in [0.2, 0.25) is 0 Å². The Balaban J connectivity index is 1.24. The summed E-state index contributed by atoms with van der Waals surface area (Å²) in [6, 6.07) is 19.3. The fourth-order valence-electron chi connectivity index (χ4n) is 2.72. The molecule has 0 saturated heterocycles. The summed E-state index contributed by atoms with van der Waals surface area (Å²) >= 11 is 1.29. The van der Waals surface area contributed by atoms with Crippen LogP contribution < -0.4 is 10.2 Å². The number of H-pyrrole nitrogens is 1. The van der Waals surface area contributed by atoms with Gasteiger partial charge in [-0.05, 0) is 66.2 Å². The van der Waals surface area contributed by atoms with Gasteiger partial charge in [-0.25, -0.2) is 19.6 Å². The maximum absolute atomic E-state index is 12.9. The Morgan fingerprint density at radius 2 is 1.81 bits per heavy atom. The number of hydrazone groups is 1. The Morgan fingerprint density at radius 1 is 1.06 bits per heavy atom. The molecule has 0 bridgehead atoms. The Morgan fingerprint density at radius 3 is 2.56 bits per heavy atom. The van der Waals surface area contributed by atoms with Crippen LogP contribution in [0.25, 0.3) is 11.0 Å². The van der Waals surface area contributed by atoms with E-state index in [2.05, 4.69) is 20.5 Å². The highest BCUT2D eigenvalue weighted by atomic mass is 32.2. The summed E-state index contributed by atoms with van der Waals surface area (Å²) in [6.45, 7) is 0. The van der Waals surface area contributed by atoms with E-state index in [0.717, 1.165) is 11.0 Å². The van der Waals surface area contributed by atoms with Gasteiger partial charge in [0.1, 0.15) is 11.6 Å². The molecule has 1 aromatic heterocycles. The van der Waals surface area contributed by atoms with Crippen molar-refractivity contribution in [3.63, 3.8) is 0 Å². The molecule has 0 aliphatic heterocycles. The topological polar surface area (TPSA) is 96.4 Å². The molecule has 1 heterocycles. The normalized spacial score (nSPS) is 11.0. The van der Waals surface area contributed by atoms with Gasteiger partial charge in [0.05, 0.1) is 28.6 Å². The molecule has 0 unspecified atom stereocenters. The number of nitrogens with zero attached hydrogens (tertiary/aromatic N) is 2. The largest absolute Gasteiger partial charge is 0.423 e. The van der Waals surface area contributed by atoms with E-state index in [1.54, 1.807) is 24.3 Å². The molecular weight excluding hydrogens is 431 g/mol. The van der Waals surface area contributed by atoms with Gasteiger partial charge in [0.25, 0.3) is 5.91 Å². The molecule has 4 rings (SSSR count). The number of esters is 1. The number of aromatic amines is 1. The van der Waals surface area contributed by atoms with Gasteiger partial charge in [0, 0.05) is 0 Å². The van der Waals surface area contributed by atoms with E-state index in [4.69, 9.17) is 4.74 Å². The molecule has 0 radical (unpaired) electrons. The first-order valence-corrected chi connectivity index (χ1v) is 10.5. The SMILES string of the molecule is O=C(CSc1nc2ccccc2[nH]1)N/N=C/c1ccc(OC(=O)c2ccc(F)cc2)cc1. The molecule has 0 atom stereocenters. The van der Waals surface area contributed by atoms with Crippen molar-refractivity contribution in [1.29, 1.82) is 0 Å². The third-order valence-corrected chi connectivity index (χ3v) is 5.15. The summed E-state index contributed by atoms with van der Waals surface area (Å²) < 4.78 is 18.2. The molecule has 3 aromatic carbocycles. The Bertz CT molecular complexity index is 1240. The quantitative estimate of drug-likeness (QED) is 0.145. The Hall–Kier alpha value is -3.98. The number of aromatic nitrogens is 2. The number of fused-ring (bicyclic) bond motifs is 1. The van der Waals surface area contributed by atoms with Gasteiger partial charge < -0.3 is 9.72 Å². The zero-order chi connectivity index (χ0) is 22.3. The van der Waals surface area contributed by atoms with Crippen LogP contribution in [-0.4, -0.2) is 33.8 Å². The van der Waals surface area contributed by atoms with Crippen LogP contribution in [0.3, 0.4) is 0 Å². The summed E-state index contributed by atoms with van der Waals surface area (Å²) in [5.41, 5.74) is 5.18. The summed E-state index contributed by atoms with van der Waals surface area (Å²) in [5.74, 6) is -0.777. The number of carbonyl (C=O) groups excluding carboxylic acids is 2. The lowest BCUT2D eigenvalue weighted by atomic mass is 10.2. The summed E-state index contributed by atoms with van der Waals surface area (Å²) in [6.07, 6.45) is 1.48. The number of thioether (sulfide) groups is 1. The van der Waals surface area contributed by atoms with Gasteiger partial charge >= 0.3 is 5.97 Å². The second-order valence-electron chi connectivity index (χ2n) is 6.61. The van der Waals surface area contributed by atoms with Gasteiger partial charge in [-0.2, -0.15) is 5.10 Å². The number of para-hydroxylation sites is 2. The number of amides is 1. The van der Waals surface area contributed by atoms with Gasteiger partial charge in [0.15, 0.2) is 5.16 Å². The van der Waals surface area contributed by atoms with Crippen LogP contribution >= 0.6 is 11.8 Å². The Kier molecular flexibility index (Phi) is 6.57. The fraction of sp³-hybridized carbons (Fsp3) is 0.0435. The minimum Gasteiger partial charge on any atom is -0.423 e. The third-order valence-electron chi connectivity index (χ3n) is 4.28. The maximum Gasteiger partial charge on any atom is 0.343 e. The molecule has 2 N–H and O–H groups in total. The molecule has 160 valence electrons. The average molecular weight is 448 g/mol. The number of rotatable bonds is 7. The fourth-order valence-corrected chi connectivity index (χ4v) is 3.39. The van der Waals surface area contributed by atoms with Crippen LogP contribution in [0.15, 0.2) is 83.1 Å². The molecule has 32 heavy (non-hydrogen) atoms. The molecule has 0 fully saturated rings. The number of halogens is 1. The van der Waals surface area contributed by atoms with Crippen LogP contribution in [0.5, 0.6) is 5.75 Å². The van der Waals surface area contributed by atoms with E-state index in [0.29, 0.717) is 16.5 Å². The van der Waals surface area contributed by atoms with Crippen molar-refractivity contribution in [3.8, 4) is 5.75 Å². The maximum atomic E-state index is 12.9. The zero-order valence-corrected chi connectivity index (χ0v) is 17.4. The van der Waals surface area contributed by atoms with Crippen molar-refractivity contribution in [3.05, 3.63) is 89.7 Å². The van der Waals surface area contributed by atoms with Crippen LogP contribution in [0, 0.1) is 5.82 Å². The number of nitrogens with one attached hydrogen (secondary N) is 2. The van der Waals surface area contributed by atoms with E-state index in [1.807, 2.05) is 24.3 Å². The molecular formula is C23H17FN4O3S. The summed E-state index contributed by atoms with van der Waals surface area (Å²) in [5, 5.41) is 4.59.